The molecule has 1 heterocycles. The zero-order valence-corrected chi connectivity index (χ0v) is 13.8. The van der Waals surface area contributed by atoms with E-state index in [9.17, 15) is 33.2 Å². The highest BCUT2D eigenvalue weighted by Gasteiger charge is 2.40. The molecule has 142 valence electrons. The van der Waals surface area contributed by atoms with Crippen molar-refractivity contribution in [3.05, 3.63) is 76.0 Å². The predicted octanol–water partition coefficient (Wildman–Crippen LogP) is 4.44. The van der Waals surface area contributed by atoms with Crippen LogP contribution in [0, 0.1) is 10.1 Å². The van der Waals surface area contributed by atoms with Gasteiger partial charge in [0, 0.05) is 23.3 Å². The van der Waals surface area contributed by atoms with E-state index in [0.717, 1.165) is 12.1 Å². The molecule has 0 aliphatic carbocycles. The van der Waals surface area contributed by atoms with Crippen LogP contribution in [0.2, 0.25) is 0 Å². The minimum absolute atomic E-state index is 0.142. The van der Waals surface area contributed by atoms with Crippen LogP contribution in [0.3, 0.4) is 0 Å². The minimum Gasteiger partial charge on any atom is -0.478 e. The minimum atomic E-state index is -5.07. The van der Waals surface area contributed by atoms with Gasteiger partial charge in [-0.15, -0.1) is 0 Å². The Kier molecular flexibility index (Phi) is 4.78. The molecule has 0 amide bonds. The Morgan fingerprint density at radius 1 is 1.00 bits per heavy atom. The highest BCUT2D eigenvalue weighted by atomic mass is 19.4. The first-order chi connectivity index (χ1) is 13.2. The predicted molar refractivity (Wildman–Crippen MR) is 91.5 cm³/mol. The number of carboxylic acids is 1. The fourth-order valence-corrected chi connectivity index (χ4v) is 2.56. The molecule has 0 aliphatic heterocycles. The van der Waals surface area contributed by atoms with Crippen LogP contribution in [0.5, 0.6) is 0 Å². The fraction of sp³-hybridized carbons (Fsp3) is 0.0556. The molecule has 0 aliphatic rings. The molecular weight excluding hydrogens is 379 g/mol. The highest BCUT2D eigenvalue weighted by molar-refractivity contribution is 5.96. The normalized spacial score (nSPS) is 11.2. The van der Waals surface area contributed by atoms with Crippen LogP contribution in [0.1, 0.15) is 16.1 Å². The lowest BCUT2D eigenvalue weighted by Gasteiger charge is -2.15. The molecule has 1 aromatic heterocycles. The molecule has 0 unspecified atom stereocenters. The summed E-state index contributed by atoms with van der Waals surface area (Å²) in [6.07, 6.45) is -5.07. The maximum Gasteiger partial charge on any atom is 0.434 e. The number of non-ortho nitro benzene ring substituents is 1. The van der Waals surface area contributed by atoms with Crippen molar-refractivity contribution in [2.75, 3.05) is 0 Å². The summed E-state index contributed by atoms with van der Waals surface area (Å²) in [6, 6.07) is 12.3. The summed E-state index contributed by atoms with van der Waals surface area (Å²) in [6.45, 7) is 0. The van der Waals surface area contributed by atoms with E-state index in [1.54, 1.807) is 18.2 Å². The van der Waals surface area contributed by atoms with Crippen LogP contribution in [0.4, 0.5) is 18.9 Å². The largest absolute Gasteiger partial charge is 0.478 e. The average molecular weight is 389 g/mol. The summed E-state index contributed by atoms with van der Waals surface area (Å²) in [5.74, 6) is -2.24. The summed E-state index contributed by atoms with van der Waals surface area (Å²) in [5, 5.41) is 20.4. The van der Waals surface area contributed by atoms with Crippen molar-refractivity contribution in [1.82, 2.24) is 9.97 Å². The second-order valence-corrected chi connectivity index (χ2v) is 5.60. The summed E-state index contributed by atoms with van der Waals surface area (Å²) in [7, 11) is 0. The van der Waals surface area contributed by atoms with Gasteiger partial charge >= 0.3 is 12.1 Å². The van der Waals surface area contributed by atoms with Crippen LogP contribution in [0.15, 0.2) is 54.6 Å². The van der Waals surface area contributed by atoms with Gasteiger partial charge in [0.15, 0.2) is 11.5 Å². The van der Waals surface area contributed by atoms with Gasteiger partial charge in [0.2, 0.25) is 0 Å². The van der Waals surface area contributed by atoms with Crippen molar-refractivity contribution in [2.45, 2.75) is 6.18 Å². The molecule has 7 nitrogen and oxygen atoms in total. The SMILES string of the molecule is O=C(O)c1c(-c2cccc([N+](=O)[O-])c2)nc(-c2ccccc2)nc1C(F)(F)F. The standard InChI is InChI=1S/C18H10F3N3O4/c19-18(20,21)15-13(17(25)26)14(11-7-4-8-12(9-11)24(27)28)22-16(23-15)10-5-2-1-3-6-10/h1-9H,(H,25,26). The number of rotatable bonds is 4. The topological polar surface area (TPSA) is 106 Å². The van der Waals surface area contributed by atoms with Gasteiger partial charge in [0.1, 0.15) is 5.56 Å². The number of nitro groups is 1. The molecule has 10 heteroatoms. The van der Waals surface area contributed by atoms with E-state index in [1.165, 1.54) is 24.3 Å². The second kappa shape index (κ2) is 7.06. The Bertz CT molecular complexity index is 1070. The highest BCUT2D eigenvalue weighted by Crippen LogP contribution is 2.37. The van der Waals surface area contributed by atoms with Gasteiger partial charge < -0.3 is 5.11 Å². The van der Waals surface area contributed by atoms with Gasteiger partial charge in [-0.25, -0.2) is 14.8 Å². The number of nitro benzene ring substituents is 1. The molecule has 3 aromatic rings. The summed E-state index contributed by atoms with van der Waals surface area (Å²) >= 11 is 0. The van der Waals surface area contributed by atoms with E-state index >= 15 is 0 Å². The molecule has 3 rings (SSSR count). The van der Waals surface area contributed by atoms with Gasteiger partial charge in [-0.2, -0.15) is 13.2 Å². The van der Waals surface area contributed by atoms with E-state index in [-0.39, 0.29) is 17.0 Å². The lowest BCUT2D eigenvalue weighted by Crippen LogP contribution is -2.18. The summed E-state index contributed by atoms with van der Waals surface area (Å²) in [4.78, 5) is 29.3. The second-order valence-electron chi connectivity index (χ2n) is 5.60. The van der Waals surface area contributed by atoms with Gasteiger partial charge in [-0.05, 0) is 0 Å². The monoisotopic (exact) mass is 389 g/mol. The number of carboxylic acid groups (broad SMARTS) is 1. The molecule has 0 fully saturated rings. The van der Waals surface area contributed by atoms with Crippen molar-refractivity contribution < 1.29 is 28.0 Å². The van der Waals surface area contributed by atoms with Gasteiger partial charge in [0.25, 0.3) is 5.69 Å². The fourth-order valence-electron chi connectivity index (χ4n) is 2.56. The zero-order chi connectivity index (χ0) is 20.5. The van der Waals surface area contributed by atoms with Crippen molar-refractivity contribution in [1.29, 1.82) is 0 Å². The molecule has 0 saturated heterocycles. The number of halogens is 3. The van der Waals surface area contributed by atoms with E-state index in [0.29, 0.717) is 0 Å². The molecule has 1 N–H and O–H groups in total. The van der Waals surface area contributed by atoms with E-state index in [1.807, 2.05) is 0 Å². The molecular formula is C18H10F3N3O4. The number of carbonyl (C=O) groups is 1. The van der Waals surface area contributed by atoms with Gasteiger partial charge in [-0.3, -0.25) is 10.1 Å². The van der Waals surface area contributed by atoms with Crippen LogP contribution >= 0.6 is 0 Å². The number of hydrogen-bond donors (Lipinski definition) is 1. The molecule has 0 atom stereocenters. The number of aromatic nitrogens is 2. The third-order valence-electron chi connectivity index (χ3n) is 3.75. The van der Waals surface area contributed by atoms with Crippen LogP contribution in [0.25, 0.3) is 22.6 Å². The summed E-state index contributed by atoms with van der Waals surface area (Å²) < 4.78 is 40.6. The van der Waals surface area contributed by atoms with E-state index < -0.39 is 39.7 Å². The third kappa shape index (κ3) is 3.65. The van der Waals surface area contributed by atoms with Crippen LogP contribution < -0.4 is 0 Å². The summed E-state index contributed by atoms with van der Waals surface area (Å²) in [5.41, 5.74) is -3.68. The molecule has 28 heavy (non-hydrogen) atoms. The van der Waals surface area contributed by atoms with Crippen molar-refractivity contribution in [3.63, 3.8) is 0 Å². The zero-order valence-electron chi connectivity index (χ0n) is 13.8. The van der Waals surface area contributed by atoms with Crippen LogP contribution in [-0.2, 0) is 6.18 Å². The first-order valence-corrected chi connectivity index (χ1v) is 7.71. The average Bonchev–Trinajstić information content (AvgIpc) is 2.67. The van der Waals surface area contributed by atoms with Crippen molar-refractivity contribution in [3.8, 4) is 22.6 Å². The Balaban J connectivity index is 2.38. The van der Waals surface area contributed by atoms with E-state index in [4.69, 9.17) is 0 Å². The third-order valence-corrected chi connectivity index (χ3v) is 3.75. The van der Waals surface area contributed by atoms with Gasteiger partial charge in [-0.1, -0.05) is 42.5 Å². The van der Waals surface area contributed by atoms with Gasteiger partial charge in [0.05, 0.1) is 10.6 Å². The van der Waals surface area contributed by atoms with Crippen molar-refractivity contribution in [2.24, 2.45) is 0 Å². The number of hydrogen-bond acceptors (Lipinski definition) is 5. The number of alkyl halides is 3. The molecule has 2 aromatic carbocycles. The molecule has 0 radical (unpaired) electrons. The number of benzene rings is 2. The molecule has 0 saturated carbocycles. The lowest BCUT2D eigenvalue weighted by atomic mass is 10.0. The quantitative estimate of drug-likeness (QED) is 0.522. The first kappa shape index (κ1) is 19.0. The lowest BCUT2D eigenvalue weighted by molar-refractivity contribution is -0.384. The molecule has 0 bridgehead atoms. The smallest absolute Gasteiger partial charge is 0.434 e. The Hall–Kier alpha value is -3.82. The Morgan fingerprint density at radius 2 is 1.64 bits per heavy atom. The maximum atomic E-state index is 13.5. The van der Waals surface area contributed by atoms with Crippen molar-refractivity contribution >= 4 is 11.7 Å². The first-order valence-electron chi connectivity index (χ1n) is 7.71. The van der Waals surface area contributed by atoms with Crippen LogP contribution in [-0.4, -0.2) is 26.0 Å². The van der Waals surface area contributed by atoms with E-state index in [2.05, 4.69) is 9.97 Å². The Labute approximate surface area is 155 Å². The number of nitrogens with zero attached hydrogens (tertiary/aromatic N) is 3. The number of aromatic carboxylic acids is 1. The molecule has 0 spiro atoms. The Morgan fingerprint density at radius 3 is 2.21 bits per heavy atom. The maximum absolute atomic E-state index is 13.5.